The molecular formula is C23H22Cl2N4O5S. The highest BCUT2D eigenvalue weighted by molar-refractivity contribution is 7.90. The molecule has 0 spiro atoms. The fourth-order valence-electron chi connectivity index (χ4n) is 3.57. The first-order chi connectivity index (χ1) is 16.8. The number of sulfonamides is 1. The number of halogens is 2. The molecule has 3 aromatic rings. The molecule has 0 fully saturated rings. The largest absolute Gasteiger partial charge is 0.497 e. The molecule has 0 saturated heterocycles. The first-order valence-corrected chi connectivity index (χ1v) is 12.7. The van der Waals surface area contributed by atoms with Gasteiger partial charge in [0.05, 0.1) is 43.7 Å². The van der Waals surface area contributed by atoms with E-state index in [1.54, 1.807) is 24.4 Å². The van der Waals surface area contributed by atoms with Crippen LogP contribution in [0.1, 0.15) is 16.8 Å². The number of nitrogens with zero attached hydrogens (tertiary/aromatic N) is 2. The Labute approximate surface area is 212 Å². The fraction of sp³-hybridized carbons (Fsp3) is 0.217. The minimum absolute atomic E-state index is 0.0538. The molecule has 12 heteroatoms. The van der Waals surface area contributed by atoms with E-state index in [1.165, 1.54) is 31.4 Å². The topological polar surface area (TPSA) is 112 Å². The number of aromatic nitrogens is 2. The summed E-state index contributed by atoms with van der Waals surface area (Å²) in [4.78, 5) is 12.2. The van der Waals surface area contributed by atoms with E-state index in [-0.39, 0.29) is 11.4 Å². The van der Waals surface area contributed by atoms with Crippen molar-refractivity contribution >= 4 is 44.8 Å². The third kappa shape index (κ3) is 5.96. The van der Waals surface area contributed by atoms with Gasteiger partial charge in [-0.05, 0) is 42.0 Å². The van der Waals surface area contributed by atoms with Gasteiger partial charge in [-0.25, -0.2) is 17.9 Å². The summed E-state index contributed by atoms with van der Waals surface area (Å²) < 4.78 is 39.3. The molecule has 4 rings (SSSR count). The molecule has 2 aromatic carbocycles. The second-order valence-corrected chi connectivity index (χ2v) is 10.2. The van der Waals surface area contributed by atoms with Gasteiger partial charge in [-0.3, -0.25) is 4.68 Å². The van der Waals surface area contributed by atoms with Gasteiger partial charge in [0.1, 0.15) is 5.75 Å². The first kappa shape index (κ1) is 25.1. The molecule has 0 atom stereocenters. The number of methoxy groups -OCH3 is 1. The summed E-state index contributed by atoms with van der Waals surface area (Å²) >= 11 is 12.3. The number of rotatable bonds is 7. The molecule has 35 heavy (non-hydrogen) atoms. The summed E-state index contributed by atoms with van der Waals surface area (Å²) in [6.07, 6.45) is 3.49. The van der Waals surface area contributed by atoms with Crippen LogP contribution < -0.4 is 14.8 Å². The van der Waals surface area contributed by atoms with E-state index in [0.717, 1.165) is 22.4 Å². The standard InChI is InChI=1S/C23H22Cl2N4O5S/c1-33-19-4-6-20(7-5-19)35(31,32)28-23(30)26-9-8-16-13-34-14-17-11-27-29(22(16)17)12-15-2-3-18(24)10-21(15)25/h2-8,10-11H,9,12-14H2,1H3,(H2,26,28,30)/b16-8+. The van der Waals surface area contributed by atoms with Gasteiger partial charge in [-0.15, -0.1) is 0 Å². The average molecular weight is 537 g/mol. The lowest BCUT2D eigenvalue weighted by Crippen LogP contribution is -2.39. The highest BCUT2D eigenvalue weighted by Gasteiger charge is 2.21. The van der Waals surface area contributed by atoms with Gasteiger partial charge in [-0.2, -0.15) is 5.10 Å². The molecule has 2 heterocycles. The third-order valence-electron chi connectivity index (χ3n) is 5.28. The maximum atomic E-state index is 12.4. The summed E-state index contributed by atoms with van der Waals surface area (Å²) in [5.41, 5.74) is 3.44. The van der Waals surface area contributed by atoms with Gasteiger partial charge in [0.2, 0.25) is 0 Å². The molecule has 1 aliphatic heterocycles. The smallest absolute Gasteiger partial charge is 0.328 e. The Balaban J connectivity index is 1.43. The number of hydrogen-bond acceptors (Lipinski definition) is 6. The van der Waals surface area contributed by atoms with E-state index in [1.807, 2.05) is 15.5 Å². The molecule has 0 aliphatic carbocycles. The Morgan fingerprint density at radius 3 is 2.69 bits per heavy atom. The Bertz CT molecular complexity index is 1370. The maximum Gasteiger partial charge on any atom is 0.328 e. The molecule has 1 aromatic heterocycles. The first-order valence-electron chi connectivity index (χ1n) is 10.5. The number of carbonyl (C=O) groups is 1. The molecular weight excluding hydrogens is 515 g/mol. The van der Waals surface area contributed by atoms with E-state index in [0.29, 0.717) is 35.6 Å². The summed E-state index contributed by atoms with van der Waals surface area (Å²) in [6, 6.07) is 10.1. The van der Waals surface area contributed by atoms with Crippen LogP contribution in [-0.4, -0.2) is 44.5 Å². The second-order valence-electron chi connectivity index (χ2n) is 7.63. The number of amides is 2. The minimum Gasteiger partial charge on any atom is -0.497 e. The summed E-state index contributed by atoms with van der Waals surface area (Å²) in [5, 5.41) is 8.08. The second kappa shape index (κ2) is 10.7. The van der Waals surface area contributed by atoms with Gasteiger partial charge < -0.3 is 14.8 Å². The molecule has 0 unspecified atom stereocenters. The average Bonchev–Trinajstić information content (AvgIpc) is 3.24. The van der Waals surface area contributed by atoms with Gasteiger partial charge in [-0.1, -0.05) is 35.3 Å². The molecule has 9 nitrogen and oxygen atoms in total. The van der Waals surface area contributed by atoms with E-state index in [2.05, 4.69) is 10.4 Å². The number of ether oxygens (including phenoxy) is 2. The molecule has 0 radical (unpaired) electrons. The van der Waals surface area contributed by atoms with E-state index in [4.69, 9.17) is 32.7 Å². The van der Waals surface area contributed by atoms with Crippen molar-refractivity contribution in [1.29, 1.82) is 0 Å². The molecule has 0 saturated carbocycles. The number of urea groups is 1. The van der Waals surface area contributed by atoms with Crippen LogP contribution in [0.4, 0.5) is 4.79 Å². The quantitative estimate of drug-likeness (QED) is 0.474. The predicted molar refractivity (Wildman–Crippen MR) is 132 cm³/mol. The summed E-state index contributed by atoms with van der Waals surface area (Å²) in [7, 11) is -2.55. The van der Waals surface area contributed by atoms with E-state index < -0.39 is 16.1 Å². The number of nitrogens with one attached hydrogen (secondary N) is 2. The number of benzene rings is 2. The Kier molecular flexibility index (Phi) is 7.66. The van der Waals surface area contributed by atoms with E-state index >= 15 is 0 Å². The van der Waals surface area contributed by atoms with Crippen molar-refractivity contribution in [3.05, 3.63) is 81.6 Å². The molecule has 1 aliphatic rings. The van der Waals surface area contributed by atoms with Crippen LogP contribution in [-0.2, 0) is 27.9 Å². The predicted octanol–water partition coefficient (Wildman–Crippen LogP) is 3.85. The van der Waals surface area contributed by atoms with Crippen LogP contribution in [0.5, 0.6) is 5.75 Å². The van der Waals surface area contributed by atoms with Crippen LogP contribution >= 0.6 is 23.2 Å². The van der Waals surface area contributed by atoms with Crippen molar-refractivity contribution in [3.8, 4) is 5.75 Å². The van der Waals surface area contributed by atoms with Crippen molar-refractivity contribution < 1.29 is 22.7 Å². The van der Waals surface area contributed by atoms with Crippen molar-refractivity contribution in [2.75, 3.05) is 20.3 Å². The lowest BCUT2D eigenvalue weighted by molar-refractivity contribution is 0.145. The monoisotopic (exact) mass is 536 g/mol. The zero-order chi connectivity index (χ0) is 25.0. The fourth-order valence-corrected chi connectivity index (χ4v) is 4.96. The van der Waals surface area contributed by atoms with Crippen LogP contribution in [0.3, 0.4) is 0 Å². The molecule has 184 valence electrons. The molecule has 0 bridgehead atoms. The lowest BCUT2D eigenvalue weighted by atomic mass is 10.1. The summed E-state index contributed by atoms with van der Waals surface area (Å²) in [5.74, 6) is 0.506. The van der Waals surface area contributed by atoms with Crippen molar-refractivity contribution in [2.24, 2.45) is 0 Å². The van der Waals surface area contributed by atoms with E-state index in [9.17, 15) is 13.2 Å². The van der Waals surface area contributed by atoms with Gasteiger partial charge >= 0.3 is 6.03 Å². The van der Waals surface area contributed by atoms with Crippen molar-refractivity contribution in [2.45, 2.75) is 18.0 Å². The van der Waals surface area contributed by atoms with Crippen molar-refractivity contribution in [1.82, 2.24) is 19.8 Å². The Morgan fingerprint density at radius 2 is 1.97 bits per heavy atom. The number of carbonyl (C=O) groups excluding carboxylic acids is 1. The highest BCUT2D eigenvalue weighted by atomic mass is 35.5. The zero-order valence-corrected chi connectivity index (χ0v) is 21.0. The molecule has 2 amide bonds. The van der Waals surface area contributed by atoms with Crippen LogP contribution in [0.2, 0.25) is 10.0 Å². The molecule has 2 N–H and O–H groups in total. The van der Waals surface area contributed by atoms with Crippen LogP contribution in [0.15, 0.2) is 59.6 Å². The normalized spacial score (nSPS) is 14.4. The number of fused-ring (bicyclic) bond motifs is 1. The SMILES string of the molecule is COc1ccc(S(=O)(=O)NC(=O)NC/C=C2\COCc3cnn(Cc4ccc(Cl)cc4Cl)c32)cc1. The Morgan fingerprint density at radius 1 is 1.20 bits per heavy atom. The zero-order valence-electron chi connectivity index (χ0n) is 18.6. The van der Waals surface area contributed by atoms with Crippen LogP contribution in [0.25, 0.3) is 5.57 Å². The summed E-state index contributed by atoms with van der Waals surface area (Å²) in [6.45, 7) is 1.24. The van der Waals surface area contributed by atoms with Crippen LogP contribution in [0, 0.1) is 0 Å². The Hall–Kier alpha value is -3.05. The minimum atomic E-state index is -4.03. The maximum absolute atomic E-state index is 12.4. The highest BCUT2D eigenvalue weighted by Crippen LogP contribution is 2.28. The van der Waals surface area contributed by atoms with Gasteiger partial charge in [0.25, 0.3) is 10.0 Å². The van der Waals surface area contributed by atoms with Crippen molar-refractivity contribution in [3.63, 3.8) is 0 Å². The third-order valence-corrected chi connectivity index (χ3v) is 7.21. The lowest BCUT2D eigenvalue weighted by Gasteiger charge is -2.19. The van der Waals surface area contributed by atoms with Gasteiger partial charge in [0, 0.05) is 27.7 Å². The van der Waals surface area contributed by atoms with Gasteiger partial charge in [0.15, 0.2) is 0 Å². The number of hydrogen-bond donors (Lipinski definition) is 2.